The fraction of sp³-hybridized carbons (Fsp3) is 0.846. The van der Waals surface area contributed by atoms with Crippen molar-refractivity contribution >= 4 is 11.8 Å². The monoisotopic (exact) mass is 252 g/mol. The molecule has 2 amide bonds. The first-order chi connectivity index (χ1) is 8.61. The molecule has 0 aromatic heterocycles. The van der Waals surface area contributed by atoms with Gasteiger partial charge in [-0.05, 0) is 32.1 Å². The molecule has 1 saturated carbocycles. The Kier molecular flexibility index (Phi) is 2.81. The van der Waals surface area contributed by atoms with Gasteiger partial charge in [-0.2, -0.15) is 0 Å². The van der Waals surface area contributed by atoms with Crippen LogP contribution in [0.1, 0.15) is 32.1 Å². The molecule has 2 aliphatic heterocycles. The third-order valence-corrected chi connectivity index (χ3v) is 4.87. The summed E-state index contributed by atoms with van der Waals surface area (Å²) in [5.41, 5.74) is -0.199. The zero-order valence-corrected chi connectivity index (χ0v) is 10.5. The number of nitrogens with zero attached hydrogens (tertiary/aromatic N) is 1. The molecule has 0 bridgehead atoms. The zero-order chi connectivity index (χ0) is 12.8. The van der Waals surface area contributed by atoms with E-state index in [4.69, 9.17) is 0 Å². The van der Waals surface area contributed by atoms with Gasteiger partial charge in [0.25, 0.3) is 0 Å². The van der Waals surface area contributed by atoms with Gasteiger partial charge in [0.05, 0.1) is 11.5 Å². The lowest BCUT2D eigenvalue weighted by Gasteiger charge is -2.41. The van der Waals surface area contributed by atoms with E-state index < -0.39 is 0 Å². The van der Waals surface area contributed by atoms with Crippen LogP contribution in [0.4, 0.5) is 0 Å². The fourth-order valence-electron chi connectivity index (χ4n) is 3.40. The SMILES string of the molecule is O=C(C1CC(O)C1)N1CCC2(CCNC2=O)CC1. The molecule has 5 nitrogen and oxygen atoms in total. The van der Waals surface area contributed by atoms with Gasteiger partial charge >= 0.3 is 0 Å². The van der Waals surface area contributed by atoms with Crippen LogP contribution in [0, 0.1) is 11.3 Å². The maximum Gasteiger partial charge on any atom is 0.226 e. The topological polar surface area (TPSA) is 69.6 Å². The predicted molar refractivity (Wildman–Crippen MR) is 64.6 cm³/mol. The first-order valence-electron chi connectivity index (χ1n) is 6.86. The summed E-state index contributed by atoms with van der Waals surface area (Å²) in [5, 5.41) is 12.1. The maximum atomic E-state index is 12.1. The van der Waals surface area contributed by atoms with E-state index in [-0.39, 0.29) is 29.3 Å². The van der Waals surface area contributed by atoms with Gasteiger partial charge in [0.2, 0.25) is 11.8 Å². The quantitative estimate of drug-likeness (QED) is 0.684. The molecule has 100 valence electrons. The van der Waals surface area contributed by atoms with Crippen molar-refractivity contribution < 1.29 is 14.7 Å². The Balaban J connectivity index is 1.57. The first kappa shape index (κ1) is 12.0. The number of aliphatic hydroxyl groups is 1. The molecule has 0 aromatic carbocycles. The second-order valence-corrected chi connectivity index (χ2v) is 5.93. The standard InChI is InChI=1S/C13H20N2O3/c16-10-7-9(8-10)11(17)15-5-2-13(3-6-15)1-4-14-12(13)18/h9-10,16H,1-8H2,(H,14,18). The van der Waals surface area contributed by atoms with Crippen LogP contribution in [0.25, 0.3) is 0 Å². The number of carbonyl (C=O) groups excluding carboxylic acids is 2. The zero-order valence-electron chi connectivity index (χ0n) is 10.5. The Morgan fingerprint density at radius 1 is 1.28 bits per heavy atom. The van der Waals surface area contributed by atoms with Crippen molar-refractivity contribution in [2.75, 3.05) is 19.6 Å². The van der Waals surface area contributed by atoms with Gasteiger partial charge in [0.15, 0.2) is 0 Å². The van der Waals surface area contributed by atoms with Crippen molar-refractivity contribution in [1.29, 1.82) is 0 Å². The summed E-state index contributed by atoms with van der Waals surface area (Å²) in [7, 11) is 0. The van der Waals surface area contributed by atoms with Gasteiger partial charge < -0.3 is 15.3 Å². The van der Waals surface area contributed by atoms with Gasteiger partial charge in [-0.25, -0.2) is 0 Å². The summed E-state index contributed by atoms with van der Waals surface area (Å²) in [4.78, 5) is 25.8. The third kappa shape index (κ3) is 1.81. The molecular formula is C13H20N2O3. The minimum atomic E-state index is -0.282. The lowest BCUT2D eigenvalue weighted by atomic mass is 9.76. The number of amides is 2. The Bertz CT molecular complexity index is 368. The molecule has 18 heavy (non-hydrogen) atoms. The number of likely N-dealkylation sites (tertiary alicyclic amines) is 1. The van der Waals surface area contributed by atoms with E-state index in [9.17, 15) is 14.7 Å². The molecule has 2 N–H and O–H groups in total. The summed E-state index contributed by atoms with van der Waals surface area (Å²) in [6.07, 6.45) is 3.44. The van der Waals surface area contributed by atoms with Crippen LogP contribution in [0.5, 0.6) is 0 Å². The molecule has 3 fully saturated rings. The van der Waals surface area contributed by atoms with Gasteiger partial charge in [0, 0.05) is 25.6 Å². The highest BCUT2D eigenvalue weighted by Gasteiger charge is 2.46. The highest BCUT2D eigenvalue weighted by molar-refractivity contribution is 5.85. The second kappa shape index (κ2) is 4.23. The van der Waals surface area contributed by atoms with E-state index in [0.29, 0.717) is 25.9 Å². The van der Waals surface area contributed by atoms with Crippen molar-refractivity contribution in [1.82, 2.24) is 10.2 Å². The smallest absolute Gasteiger partial charge is 0.226 e. The summed E-state index contributed by atoms with van der Waals surface area (Å²) in [6.45, 7) is 2.17. The highest BCUT2D eigenvalue weighted by Crippen LogP contribution is 2.39. The first-order valence-corrected chi connectivity index (χ1v) is 6.86. The van der Waals surface area contributed by atoms with E-state index in [1.54, 1.807) is 0 Å². The van der Waals surface area contributed by atoms with Crippen molar-refractivity contribution in [3.63, 3.8) is 0 Å². The minimum absolute atomic E-state index is 0.0199. The van der Waals surface area contributed by atoms with Crippen molar-refractivity contribution in [3.8, 4) is 0 Å². The van der Waals surface area contributed by atoms with E-state index in [2.05, 4.69) is 5.32 Å². The lowest BCUT2D eigenvalue weighted by Crippen LogP contribution is -2.50. The minimum Gasteiger partial charge on any atom is -0.393 e. The molecule has 0 atom stereocenters. The average Bonchev–Trinajstić information content (AvgIpc) is 2.67. The largest absolute Gasteiger partial charge is 0.393 e. The normalized spacial score (nSPS) is 34.3. The van der Waals surface area contributed by atoms with Gasteiger partial charge in [0.1, 0.15) is 0 Å². The molecular weight excluding hydrogens is 232 g/mol. The summed E-state index contributed by atoms with van der Waals surface area (Å²) < 4.78 is 0. The van der Waals surface area contributed by atoms with Gasteiger partial charge in [-0.1, -0.05) is 0 Å². The third-order valence-electron chi connectivity index (χ3n) is 4.87. The molecule has 5 heteroatoms. The molecule has 0 radical (unpaired) electrons. The van der Waals surface area contributed by atoms with Crippen molar-refractivity contribution in [3.05, 3.63) is 0 Å². The number of rotatable bonds is 1. The summed E-state index contributed by atoms with van der Waals surface area (Å²) >= 11 is 0. The fourth-order valence-corrected chi connectivity index (χ4v) is 3.40. The predicted octanol–water partition coefficient (Wildman–Crippen LogP) is -0.114. The van der Waals surface area contributed by atoms with Crippen molar-refractivity contribution in [2.24, 2.45) is 11.3 Å². The molecule has 3 aliphatic rings. The van der Waals surface area contributed by atoms with Gasteiger partial charge in [-0.15, -0.1) is 0 Å². The number of nitrogens with one attached hydrogen (secondary N) is 1. The van der Waals surface area contributed by atoms with Crippen LogP contribution < -0.4 is 5.32 Å². The van der Waals surface area contributed by atoms with E-state index in [0.717, 1.165) is 25.8 Å². The number of aliphatic hydroxyl groups excluding tert-OH is 1. The Morgan fingerprint density at radius 3 is 2.44 bits per heavy atom. The molecule has 1 aliphatic carbocycles. The van der Waals surface area contributed by atoms with Crippen LogP contribution in [0.3, 0.4) is 0 Å². The average molecular weight is 252 g/mol. The summed E-state index contributed by atoms with van der Waals surface area (Å²) in [6, 6.07) is 0. The van der Waals surface area contributed by atoms with E-state index >= 15 is 0 Å². The van der Waals surface area contributed by atoms with Crippen LogP contribution in [0.2, 0.25) is 0 Å². The number of piperidine rings is 1. The Labute approximate surface area is 107 Å². The molecule has 1 spiro atoms. The van der Waals surface area contributed by atoms with Crippen LogP contribution >= 0.6 is 0 Å². The highest BCUT2D eigenvalue weighted by atomic mass is 16.3. The van der Waals surface area contributed by atoms with Crippen LogP contribution in [-0.4, -0.2) is 47.6 Å². The summed E-state index contributed by atoms with van der Waals surface area (Å²) in [5.74, 6) is 0.369. The Morgan fingerprint density at radius 2 is 1.94 bits per heavy atom. The van der Waals surface area contributed by atoms with Crippen LogP contribution in [0.15, 0.2) is 0 Å². The molecule has 3 rings (SSSR count). The van der Waals surface area contributed by atoms with Crippen LogP contribution in [-0.2, 0) is 9.59 Å². The van der Waals surface area contributed by atoms with E-state index in [1.165, 1.54) is 0 Å². The number of hydrogen-bond donors (Lipinski definition) is 2. The van der Waals surface area contributed by atoms with E-state index in [1.807, 2.05) is 4.90 Å². The second-order valence-electron chi connectivity index (χ2n) is 5.93. The molecule has 0 unspecified atom stereocenters. The molecule has 0 aromatic rings. The molecule has 2 saturated heterocycles. The maximum absolute atomic E-state index is 12.1. The van der Waals surface area contributed by atoms with Gasteiger partial charge in [-0.3, -0.25) is 9.59 Å². The molecule has 2 heterocycles. The number of carbonyl (C=O) groups is 2. The number of hydrogen-bond acceptors (Lipinski definition) is 3. The van der Waals surface area contributed by atoms with Crippen molar-refractivity contribution in [2.45, 2.75) is 38.2 Å². The Hall–Kier alpha value is -1.10. The lowest BCUT2D eigenvalue weighted by molar-refractivity contribution is -0.146.